The normalized spacial score (nSPS) is 15.4. The minimum atomic E-state index is -3.44. The molecule has 1 fully saturated rings. The van der Waals surface area contributed by atoms with E-state index >= 15 is 0 Å². The van der Waals surface area contributed by atoms with Crippen molar-refractivity contribution in [2.45, 2.75) is 43.0 Å². The maximum atomic E-state index is 12.4. The first kappa shape index (κ1) is 18.1. The molecule has 2 N–H and O–H groups in total. The second-order valence-corrected chi connectivity index (χ2v) is 8.89. The lowest BCUT2D eigenvalue weighted by atomic mass is 10.1. The third kappa shape index (κ3) is 4.90. The highest BCUT2D eigenvalue weighted by molar-refractivity contribution is 7.89. The Morgan fingerprint density at radius 3 is 2.48 bits per heavy atom. The number of sulfonamides is 1. The first-order valence-corrected chi connectivity index (χ1v) is 10.8. The van der Waals surface area contributed by atoms with E-state index < -0.39 is 10.0 Å². The number of carbonyl (C=O) groups excluding carboxylic acids is 1. The van der Waals surface area contributed by atoms with Crippen LogP contribution in [0, 0.1) is 0 Å². The molecule has 1 saturated carbocycles. The summed E-state index contributed by atoms with van der Waals surface area (Å²) in [4.78, 5) is 12.8. The van der Waals surface area contributed by atoms with Crippen LogP contribution in [0.5, 0.6) is 0 Å². The van der Waals surface area contributed by atoms with Crippen LogP contribution in [0.25, 0.3) is 0 Å². The molecule has 0 spiro atoms. The van der Waals surface area contributed by atoms with Crippen LogP contribution in [0.15, 0.2) is 46.7 Å². The van der Waals surface area contributed by atoms with Crippen LogP contribution < -0.4 is 10.0 Å². The summed E-state index contributed by atoms with van der Waals surface area (Å²) in [5.41, 5.74) is 0.992. The van der Waals surface area contributed by atoms with Gasteiger partial charge in [0, 0.05) is 12.6 Å². The van der Waals surface area contributed by atoms with Crippen molar-refractivity contribution in [3.8, 4) is 0 Å². The molecule has 1 aliphatic carbocycles. The van der Waals surface area contributed by atoms with Crippen LogP contribution in [0.4, 0.5) is 0 Å². The quantitative estimate of drug-likeness (QED) is 0.778. The van der Waals surface area contributed by atoms with Crippen LogP contribution in [0.3, 0.4) is 0 Å². The molecule has 0 saturated heterocycles. The van der Waals surface area contributed by atoms with Crippen molar-refractivity contribution >= 4 is 27.3 Å². The number of rotatable bonds is 7. The van der Waals surface area contributed by atoms with E-state index in [4.69, 9.17) is 0 Å². The van der Waals surface area contributed by atoms with Crippen LogP contribution in [-0.2, 0) is 16.4 Å². The van der Waals surface area contributed by atoms with Crippen LogP contribution >= 0.6 is 11.3 Å². The van der Waals surface area contributed by atoms with Gasteiger partial charge < -0.3 is 5.32 Å². The fourth-order valence-corrected chi connectivity index (χ4v) is 4.93. The molecule has 0 bridgehead atoms. The van der Waals surface area contributed by atoms with E-state index in [1.54, 1.807) is 30.3 Å². The minimum Gasteiger partial charge on any atom is -0.351 e. The number of nitrogens with one attached hydrogen (secondary N) is 2. The first-order valence-electron chi connectivity index (χ1n) is 8.47. The zero-order valence-corrected chi connectivity index (χ0v) is 15.5. The SMILES string of the molecule is O=C(NCCc1ccc(S(=O)(=O)NC2CCCC2)cc1)c1cccs1. The van der Waals surface area contributed by atoms with Gasteiger partial charge in [0.2, 0.25) is 10.0 Å². The van der Waals surface area contributed by atoms with Gasteiger partial charge in [-0.25, -0.2) is 13.1 Å². The van der Waals surface area contributed by atoms with Gasteiger partial charge in [0.1, 0.15) is 0 Å². The molecule has 1 aliphatic rings. The van der Waals surface area contributed by atoms with Gasteiger partial charge in [-0.2, -0.15) is 0 Å². The summed E-state index contributed by atoms with van der Waals surface area (Å²) >= 11 is 1.41. The second-order valence-electron chi connectivity index (χ2n) is 6.23. The van der Waals surface area contributed by atoms with Gasteiger partial charge in [0.25, 0.3) is 5.91 Å². The van der Waals surface area contributed by atoms with Crippen LogP contribution in [-0.4, -0.2) is 26.9 Å². The van der Waals surface area contributed by atoms with Crippen molar-refractivity contribution in [2.24, 2.45) is 0 Å². The van der Waals surface area contributed by atoms with E-state index in [0.29, 0.717) is 22.7 Å². The molecule has 2 aromatic rings. The molecule has 25 heavy (non-hydrogen) atoms. The van der Waals surface area contributed by atoms with E-state index in [1.807, 2.05) is 11.4 Å². The van der Waals surface area contributed by atoms with Gasteiger partial charge in [-0.05, 0) is 48.4 Å². The minimum absolute atomic E-state index is 0.0668. The molecule has 0 aliphatic heterocycles. The predicted molar refractivity (Wildman–Crippen MR) is 99.4 cm³/mol. The smallest absolute Gasteiger partial charge is 0.261 e. The summed E-state index contributed by atoms with van der Waals surface area (Å²) in [5, 5.41) is 4.74. The highest BCUT2D eigenvalue weighted by atomic mass is 32.2. The van der Waals surface area contributed by atoms with E-state index in [-0.39, 0.29) is 11.9 Å². The molecule has 0 atom stereocenters. The van der Waals surface area contributed by atoms with Gasteiger partial charge in [-0.15, -0.1) is 11.3 Å². The Morgan fingerprint density at radius 1 is 1.12 bits per heavy atom. The molecular formula is C18H22N2O3S2. The summed E-state index contributed by atoms with van der Waals surface area (Å²) in [7, 11) is -3.44. The van der Waals surface area contributed by atoms with Gasteiger partial charge >= 0.3 is 0 Å². The van der Waals surface area contributed by atoms with Crippen LogP contribution in [0.1, 0.15) is 40.9 Å². The van der Waals surface area contributed by atoms with Crippen molar-refractivity contribution in [2.75, 3.05) is 6.54 Å². The van der Waals surface area contributed by atoms with Gasteiger partial charge in [-0.3, -0.25) is 4.79 Å². The van der Waals surface area contributed by atoms with E-state index in [2.05, 4.69) is 10.0 Å². The van der Waals surface area contributed by atoms with Gasteiger partial charge in [0.15, 0.2) is 0 Å². The van der Waals surface area contributed by atoms with Crippen molar-refractivity contribution in [1.29, 1.82) is 0 Å². The molecular weight excluding hydrogens is 356 g/mol. The monoisotopic (exact) mass is 378 g/mol. The van der Waals surface area contributed by atoms with Crippen molar-refractivity contribution in [3.05, 3.63) is 52.2 Å². The molecule has 3 rings (SSSR count). The van der Waals surface area contributed by atoms with E-state index in [0.717, 1.165) is 31.2 Å². The molecule has 0 radical (unpaired) electrons. The highest BCUT2D eigenvalue weighted by Crippen LogP contribution is 2.20. The summed E-state index contributed by atoms with van der Waals surface area (Å²) in [6, 6.07) is 10.6. The molecule has 1 amide bonds. The summed E-state index contributed by atoms with van der Waals surface area (Å²) < 4.78 is 27.5. The third-order valence-corrected chi connectivity index (χ3v) is 6.76. The Balaban J connectivity index is 1.52. The Morgan fingerprint density at radius 2 is 1.84 bits per heavy atom. The Hall–Kier alpha value is -1.70. The van der Waals surface area contributed by atoms with Crippen molar-refractivity contribution in [3.63, 3.8) is 0 Å². The molecule has 1 aromatic carbocycles. The van der Waals surface area contributed by atoms with E-state index in [1.165, 1.54) is 11.3 Å². The molecule has 1 heterocycles. The van der Waals surface area contributed by atoms with Crippen molar-refractivity contribution in [1.82, 2.24) is 10.0 Å². The second kappa shape index (κ2) is 8.12. The maximum Gasteiger partial charge on any atom is 0.261 e. The fraction of sp³-hybridized carbons (Fsp3) is 0.389. The Kier molecular flexibility index (Phi) is 5.88. The zero-order valence-electron chi connectivity index (χ0n) is 13.9. The predicted octanol–water partition coefficient (Wildman–Crippen LogP) is 2.94. The zero-order chi connectivity index (χ0) is 17.7. The number of amides is 1. The lowest BCUT2D eigenvalue weighted by Gasteiger charge is -2.13. The Labute approximate surface area is 152 Å². The summed E-state index contributed by atoms with van der Waals surface area (Å²) in [6.45, 7) is 0.517. The van der Waals surface area contributed by atoms with Gasteiger partial charge in [0.05, 0.1) is 9.77 Å². The fourth-order valence-electron chi connectivity index (χ4n) is 2.98. The summed E-state index contributed by atoms with van der Waals surface area (Å²) in [6.07, 6.45) is 4.67. The number of hydrogen-bond donors (Lipinski definition) is 2. The maximum absolute atomic E-state index is 12.4. The van der Waals surface area contributed by atoms with Crippen LogP contribution in [0.2, 0.25) is 0 Å². The molecule has 1 aromatic heterocycles. The standard InChI is InChI=1S/C18H22N2O3S2/c21-18(17-6-3-13-24-17)19-12-11-14-7-9-16(10-8-14)25(22,23)20-15-4-1-2-5-15/h3,6-10,13,15,20H,1-2,4-5,11-12H2,(H,19,21). The third-order valence-electron chi connectivity index (χ3n) is 4.35. The number of carbonyl (C=O) groups is 1. The highest BCUT2D eigenvalue weighted by Gasteiger charge is 2.22. The molecule has 7 heteroatoms. The average molecular weight is 379 g/mol. The molecule has 134 valence electrons. The largest absolute Gasteiger partial charge is 0.351 e. The number of thiophene rings is 1. The lowest BCUT2D eigenvalue weighted by Crippen LogP contribution is -2.32. The van der Waals surface area contributed by atoms with Crippen molar-refractivity contribution < 1.29 is 13.2 Å². The molecule has 0 unspecified atom stereocenters. The first-order chi connectivity index (χ1) is 12.0. The lowest BCUT2D eigenvalue weighted by molar-refractivity contribution is 0.0958. The van der Waals surface area contributed by atoms with E-state index in [9.17, 15) is 13.2 Å². The molecule has 5 nitrogen and oxygen atoms in total. The summed E-state index contributed by atoms with van der Waals surface area (Å²) in [5.74, 6) is -0.0741. The Bertz CT molecular complexity index is 793. The average Bonchev–Trinajstić information content (AvgIpc) is 3.28. The number of hydrogen-bond acceptors (Lipinski definition) is 4. The topological polar surface area (TPSA) is 75.3 Å². The van der Waals surface area contributed by atoms with Gasteiger partial charge in [-0.1, -0.05) is 31.0 Å². The number of benzene rings is 1.